The second-order valence-corrected chi connectivity index (χ2v) is 16.2. The molecule has 2 atom stereocenters. The third-order valence-electron chi connectivity index (χ3n) is 8.54. The maximum Gasteiger partial charge on any atom is 0.213 e. The van der Waals surface area contributed by atoms with Crippen LogP contribution >= 0.6 is 86.4 Å². The molecule has 0 unspecified atom stereocenters. The van der Waals surface area contributed by atoms with Gasteiger partial charge in [-0.2, -0.15) is 19.2 Å². The maximum absolute atomic E-state index is 5.12. The number of aromatic nitrogens is 6. The predicted octanol–water partition coefficient (Wildman–Crippen LogP) is 10.1. The van der Waals surface area contributed by atoms with E-state index in [4.69, 9.17) is 20.2 Å². The first-order chi connectivity index (χ1) is 19.1. The number of fused-ring (bicyclic) bond motifs is 2. The average Bonchev–Trinajstić information content (AvgIpc) is 3.70. The van der Waals surface area contributed by atoms with Crippen molar-refractivity contribution in [2.75, 3.05) is 0 Å². The summed E-state index contributed by atoms with van der Waals surface area (Å²) in [7, 11) is 0. The highest BCUT2D eigenvalue weighted by Gasteiger charge is 2.56. The van der Waals surface area contributed by atoms with Gasteiger partial charge in [0.15, 0.2) is 0 Å². The summed E-state index contributed by atoms with van der Waals surface area (Å²) in [5.41, 5.74) is 3.75. The van der Waals surface area contributed by atoms with Crippen LogP contribution in [0.5, 0.6) is 0 Å². The lowest BCUT2D eigenvalue weighted by atomic mass is 9.66. The molecule has 204 valence electrons. The van der Waals surface area contributed by atoms with Gasteiger partial charge in [-0.3, -0.25) is 0 Å². The zero-order valence-corrected chi connectivity index (χ0v) is 29.6. The van der Waals surface area contributed by atoms with Crippen LogP contribution in [0, 0.1) is 5.41 Å². The van der Waals surface area contributed by atoms with E-state index in [2.05, 4.69) is 109 Å². The van der Waals surface area contributed by atoms with Crippen LogP contribution in [0.4, 0.5) is 0 Å². The van der Waals surface area contributed by atoms with Crippen molar-refractivity contribution in [3.63, 3.8) is 0 Å². The van der Waals surface area contributed by atoms with Crippen molar-refractivity contribution in [3.8, 4) is 22.5 Å². The third kappa shape index (κ3) is 4.15. The lowest BCUT2D eigenvalue weighted by Gasteiger charge is -2.39. The van der Waals surface area contributed by atoms with Crippen molar-refractivity contribution in [1.29, 1.82) is 0 Å². The summed E-state index contributed by atoms with van der Waals surface area (Å²) in [4.78, 5) is 11.7. The Hall–Kier alpha value is -1.44. The molecule has 0 spiro atoms. The van der Waals surface area contributed by atoms with Gasteiger partial charge in [0, 0.05) is 31.4 Å². The second kappa shape index (κ2) is 9.80. The van der Waals surface area contributed by atoms with Crippen LogP contribution in [0.3, 0.4) is 0 Å². The van der Waals surface area contributed by atoms with Gasteiger partial charge in [-0.1, -0.05) is 99.6 Å². The zero-order chi connectivity index (χ0) is 28.0. The van der Waals surface area contributed by atoms with Crippen LogP contribution in [0.25, 0.3) is 32.4 Å². The number of rotatable bonds is 4. The number of hydrogen-bond acceptors (Lipinski definition) is 6. The summed E-state index contributed by atoms with van der Waals surface area (Å²) in [5.74, 6) is 0.296. The average molecular weight is 826 g/mol. The summed E-state index contributed by atoms with van der Waals surface area (Å²) in [5, 5.41) is 12.4. The molecule has 12 heteroatoms. The smallest absolute Gasteiger partial charge is 0.213 e. The molecule has 2 aromatic carbocycles. The van der Waals surface area contributed by atoms with E-state index in [1.165, 1.54) is 0 Å². The molecule has 4 aromatic heterocycles. The van der Waals surface area contributed by atoms with Crippen molar-refractivity contribution in [1.82, 2.24) is 29.2 Å². The van der Waals surface area contributed by atoms with Gasteiger partial charge in [0.25, 0.3) is 0 Å². The van der Waals surface area contributed by atoms with Crippen LogP contribution in [0.15, 0.2) is 66.7 Å². The van der Waals surface area contributed by atoms with E-state index < -0.39 is 0 Å². The van der Waals surface area contributed by atoms with E-state index >= 15 is 0 Å². The Bertz CT molecular complexity index is 1900. The quantitative estimate of drug-likeness (QED) is 0.178. The molecule has 1 aliphatic carbocycles. The normalized spacial score (nSPS) is 20.7. The Balaban J connectivity index is 1.21. The number of hydrogen-bond donors (Lipinski definition) is 0. The molecular weight excluding hydrogens is 804 g/mol. The molecule has 7 rings (SSSR count). The molecule has 1 fully saturated rings. The Morgan fingerprint density at radius 3 is 1.73 bits per heavy atom. The lowest BCUT2D eigenvalue weighted by molar-refractivity contribution is 0.198. The fourth-order valence-corrected chi connectivity index (χ4v) is 10.1. The minimum atomic E-state index is -0.117. The van der Waals surface area contributed by atoms with Crippen molar-refractivity contribution < 1.29 is 0 Å². The molecule has 6 nitrogen and oxygen atoms in total. The van der Waals surface area contributed by atoms with Gasteiger partial charge in [0.2, 0.25) is 9.92 Å². The Labute approximate surface area is 272 Å². The first-order valence-electron chi connectivity index (χ1n) is 12.7. The van der Waals surface area contributed by atoms with E-state index in [-0.39, 0.29) is 10.8 Å². The number of nitrogens with zero attached hydrogens (tertiary/aromatic N) is 6. The standard InChI is InChI=1S/C28H22Br4N6S2/c1-27(2)18(23-35-37-21(31)19(33-25(37)39-23)14-4-8-16(29)9-5-14)12-13-28(27,3)24-36-38-22(32)20(34-26(38)40-24)15-6-10-17(30)11-7-15/h4-11,18H,12-13H2,1-3H3/t18-,28+/m1/s1. The van der Waals surface area contributed by atoms with Crippen molar-refractivity contribution >= 4 is 96.3 Å². The first-order valence-corrected chi connectivity index (χ1v) is 17.5. The van der Waals surface area contributed by atoms with Crippen LogP contribution in [-0.2, 0) is 5.41 Å². The molecule has 0 aliphatic heterocycles. The fraction of sp³-hybridized carbons (Fsp3) is 0.286. The highest BCUT2D eigenvalue weighted by Crippen LogP contribution is 2.61. The zero-order valence-electron chi connectivity index (χ0n) is 21.6. The molecule has 0 saturated heterocycles. The minimum absolute atomic E-state index is 0.0687. The van der Waals surface area contributed by atoms with Crippen LogP contribution in [0.2, 0.25) is 0 Å². The molecule has 1 aliphatic rings. The minimum Gasteiger partial charge on any atom is -0.216 e. The molecule has 4 heterocycles. The topological polar surface area (TPSA) is 60.4 Å². The van der Waals surface area contributed by atoms with Gasteiger partial charge in [-0.05, 0) is 74.4 Å². The van der Waals surface area contributed by atoms with E-state index in [1.807, 2.05) is 33.3 Å². The molecule has 6 aromatic rings. The summed E-state index contributed by atoms with van der Waals surface area (Å²) >= 11 is 18.0. The molecular formula is C28H22Br4N6S2. The first kappa shape index (κ1) is 27.4. The maximum atomic E-state index is 5.12. The van der Waals surface area contributed by atoms with E-state index in [9.17, 15) is 0 Å². The SMILES string of the molecule is CC1(C)[C@@H](c2nn3c(Br)c(-c4ccc(Br)cc4)nc3s2)CC[C@@]1(C)c1nn2c(Br)c(-c3ccc(Br)cc3)nc2s1. The van der Waals surface area contributed by atoms with Gasteiger partial charge in [0.05, 0.1) is 0 Å². The number of imidazole rings is 2. The van der Waals surface area contributed by atoms with Crippen LogP contribution < -0.4 is 0 Å². The highest BCUT2D eigenvalue weighted by molar-refractivity contribution is 9.11. The Kier molecular flexibility index (Phi) is 6.71. The Morgan fingerprint density at radius 2 is 1.23 bits per heavy atom. The molecule has 0 radical (unpaired) electrons. The summed E-state index contributed by atoms with van der Waals surface area (Å²) < 4.78 is 7.76. The molecule has 0 bridgehead atoms. The van der Waals surface area contributed by atoms with Gasteiger partial charge in [-0.15, -0.1) is 0 Å². The Morgan fingerprint density at radius 1 is 0.725 bits per heavy atom. The monoisotopic (exact) mass is 822 g/mol. The molecule has 40 heavy (non-hydrogen) atoms. The lowest BCUT2D eigenvalue weighted by Crippen LogP contribution is -2.37. The molecule has 0 N–H and O–H groups in total. The summed E-state index contributed by atoms with van der Waals surface area (Å²) in [6, 6.07) is 16.4. The fourth-order valence-electron chi connectivity index (χ4n) is 5.72. The predicted molar refractivity (Wildman–Crippen MR) is 177 cm³/mol. The van der Waals surface area contributed by atoms with Crippen LogP contribution in [0.1, 0.15) is 49.5 Å². The van der Waals surface area contributed by atoms with Crippen molar-refractivity contribution in [3.05, 3.63) is 76.7 Å². The van der Waals surface area contributed by atoms with E-state index in [0.29, 0.717) is 5.92 Å². The van der Waals surface area contributed by atoms with Gasteiger partial charge in [-0.25, -0.2) is 9.97 Å². The third-order valence-corrected chi connectivity index (χ3v) is 13.2. The van der Waals surface area contributed by atoms with Gasteiger partial charge < -0.3 is 0 Å². The number of benzene rings is 2. The second-order valence-electron chi connectivity index (χ2n) is 10.9. The molecule has 0 amide bonds. The van der Waals surface area contributed by atoms with Crippen molar-refractivity contribution in [2.45, 2.75) is 44.9 Å². The van der Waals surface area contributed by atoms with Crippen LogP contribution in [-0.4, -0.2) is 29.2 Å². The van der Waals surface area contributed by atoms with Gasteiger partial charge >= 0.3 is 0 Å². The number of halogens is 4. The summed E-state index contributed by atoms with van der Waals surface area (Å²) in [6.07, 6.45) is 2.08. The van der Waals surface area contributed by atoms with E-state index in [0.717, 1.165) is 73.4 Å². The molecule has 1 saturated carbocycles. The van der Waals surface area contributed by atoms with E-state index in [1.54, 1.807) is 22.7 Å². The summed E-state index contributed by atoms with van der Waals surface area (Å²) in [6.45, 7) is 7.09. The highest BCUT2D eigenvalue weighted by atomic mass is 79.9. The van der Waals surface area contributed by atoms with Gasteiger partial charge in [0.1, 0.15) is 30.6 Å². The van der Waals surface area contributed by atoms with Crippen molar-refractivity contribution in [2.24, 2.45) is 5.41 Å². The largest absolute Gasteiger partial charge is 0.216 e.